The van der Waals surface area contributed by atoms with Crippen molar-refractivity contribution in [2.24, 2.45) is 0 Å². The Morgan fingerprint density at radius 2 is 2.14 bits per heavy atom. The van der Waals surface area contributed by atoms with E-state index in [0.717, 1.165) is 18.9 Å². The number of ether oxygens (including phenoxy) is 4. The number of carbonyl (C=O) groups is 2. The first kappa shape index (κ1) is 23.1. The van der Waals surface area contributed by atoms with E-state index in [1.165, 1.54) is 6.26 Å². The van der Waals surface area contributed by atoms with E-state index < -0.39 is 18.9 Å². The molecular weight excluding hydrogens is 366 g/mol. The number of hydrogen-bond donors (Lipinski definition) is 1. The van der Waals surface area contributed by atoms with Crippen molar-refractivity contribution in [2.75, 3.05) is 26.4 Å². The summed E-state index contributed by atoms with van der Waals surface area (Å²) in [5, 5.41) is 17.0. The Balaban J connectivity index is 2.55. The molecule has 1 N–H and O–H groups in total. The molecule has 0 saturated carbocycles. The summed E-state index contributed by atoms with van der Waals surface area (Å²) in [5.41, 5.74) is 0.579. The number of aliphatic carboxylic acids is 1. The summed E-state index contributed by atoms with van der Waals surface area (Å²) >= 11 is 0. The Morgan fingerprint density at radius 1 is 1.32 bits per heavy atom. The van der Waals surface area contributed by atoms with Crippen LogP contribution >= 0.6 is 0 Å². The average molecular weight is 391 g/mol. The van der Waals surface area contributed by atoms with Crippen LogP contribution in [0.3, 0.4) is 0 Å². The number of Topliss-reactive ketones (excluding diaryl/α,β-unsaturated/α-hetero) is 1. The van der Waals surface area contributed by atoms with Crippen LogP contribution in [0.5, 0.6) is 5.75 Å². The molecule has 8 heteroatoms. The van der Waals surface area contributed by atoms with Crippen molar-refractivity contribution in [3.05, 3.63) is 42.2 Å². The number of rotatable bonds is 15. The number of carbonyl (C=O) groups excluding carboxylic acids is 1. The SMILES string of the molecule is CCCCC(=O)c1cccc(OCC(O/C=C/C#N)OCCOCC(=O)O)c1. The van der Waals surface area contributed by atoms with E-state index in [2.05, 4.69) is 0 Å². The lowest BCUT2D eigenvalue weighted by Crippen LogP contribution is -2.25. The molecule has 152 valence electrons. The summed E-state index contributed by atoms with van der Waals surface area (Å²) in [7, 11) is 0. The Kier molecular flexibility index (Phi) is 11.7. The second-order valence-corrected chi connectivity index (χ2v) is 5.68. The third-order valence-electron chi connectivity index (χ3n) is 3.43. The number of ketones is 1. The van der Waals surface area contributed by atoms with Gasteiger partial charge in [0.2, 0.25) is 6.29 Å². The standard InChI is InChI=1S/C20H25NO7/c1-2-3-8-18(22)16-6-4-7-17(13-16)28-15-20(26-10-5-9-21)27-12-11-25-14-19(23)24/h4-7,10,13,20H,2-3,8,11-12,14-15H2,1H3,(H,23,24)/b10-5+. The highest BCUT2D eigenvalue weighted by molar-refractivity contribution is 5.96. The van der Waals surface area contributed by atoms with Gasteiger partial charge in [-0.1, -0.05) is 25.5 Å². The van der Waals surface area contributed by atoms with Gasteiger partial charge in [0.15, 0.2) is 12.4 Å². The summed E-state index contributed by atoms with van der Waals surface area (Å²) in [4.78, 5) is 22.5. The highest BCUT2D eigenvalue weighted by Crippen LogP contribution is 2.16. The summed E-state index contributed by atoms with van der Waals surface area (Å²) in [6.45, 7) is 1.76. The fourth-order valence-electron chi connectivity index (χ4n) is 2.09. The largest absolute Gasteiger partial charge is 0.487 e. The van der Waals surface area contributed by atoms with E-state index in [1.807, 2.05) is 6.92 Å². The summed E-state index contributed by atoms with van der Waals surface area (Å²) < 4.78 is 21.2. The number of nitrogens with zero attached hydrogens (tertiary/aromatic N) is 1. The van der Waals surface area contributed by atoms with E-state index in [0.29, 0.717) is 17.7 Å². The predicted molar refractivity (Wildman–Crippen MR) is 99.8 cm³/mol. The monoisotopic (exact) mass is 391 g/mol. The molecule has 1 atom stereocenters. The Bertz CT molecular complexity index is 681. The number of hydrogen-bond acceptors (Lipinski definition) is 7. The van der Waals surface area contributed by atoms with Crippen LogP contribution in [0.1, 0.15) is 36.5 Å². The second kappa shape index (κ2) is 14.2. The number of carboxylic acids is 1. The molecule has 28 heavy (non-hydrogen) atoms. The first-order valence-electron chi connectivity index (χ1n) is 8.94. The molecule has 0 aromatic heterocycles. The van der Waals surface area contributed by atoms with Crippen LogP contribution in [-0.2, 0) is 19.0 Å². The fourth-order valence-corrected chi connectivity index (χ4v) is 2.09. The molecule has 0 radical (unpaired) electrons. The van der Waals surface area contributed by atoms with Crippen LogP contribution in [-0.4, -0.2) is 49.6 Å². The van der Waals surface area contributed by atoms with Crippen molar-refractivity contribution in [1.82, 2.24) is 0 Å². The molecular formula is C20H25NO7. The molecule has 0 bridgehead atoms. The van der Waals surface area contributed by atoms with Gasteiger partial charge in [-0.25, -0.2) is 4.79 Å². The lowest BCUT2D eigenvalue weighted by Gasteiger charge is -2.18. The first-order valence-corrected chi connectivity index (χ1v) is 8.94. The van der Waals surface area contributed by atoms with Crippen LogP contribution in [0.25, 0.3) is 0 Å². The lowest BCUT2D eigenvalue weighted by molar-refractivity contribution is -0.148. The average Bonchev–Trinajstić information content (AvgIpc) is 2.69. The van der Waals surface area contributed by atoms with Crippen molar-refractivity contribution >= 4 is 11.8 Å². The van der Waals surface area contributed by atoms with E-state index in [1.54, 1.807) is 30.3 Å². The number of allylic oxidation sites excluding steroid dienone is 1. The van der Waals surface area contributed by atoms with Gasteiger partial charge < -0.3 is 24.1 Å². The molecule has 1 unspecified atom stereocenters. The fraction of sp³-hybridized carbons (Fsp3) is 0.450. The predicted octanol–water partition coefficient (Wildman–Crippen LogP) is 2.94. The van der Waals surface area contributed by atoms with Crippen molar-refractivity contribution in [3.63, 3.8) is 0 Å². The minimum atomic E-state index is -1.07. The molecule has 0 fully saturated rings. The smallest absolute Gasteiger partial charge is 0.329 e. The lowest BCUT2D eigenvalue weighted by atomic mass is 10.1. The molecule has 8 nitrogen and oxygen atoms in total. The van der Waals surface area contributed by atoms with Gasteiger partial charge in [0.05, 0.1) is 31.6 Å². The quantitative estimate of drug-likeness (QED) is 0.160. The van der Waals surface area contributed by atoms with Crippen LogP contribution in [0, 0.1) is 11.3 Å². The van der Waals surface area contributed by atoms with Crippen LogP contribution in [0.4, 0.5) is 0 Å². The second-order valence-electron chi connectivity index (χ2n) is 5.68. The first-order chi connectivity index (χ1) is 13.6. The van der Waals surface area contributed by atoms with Crippen molar-refractivity contribution in [1.29, 1.82) is 5.26 Å². The van der Waals surface area contributed by atoms with Gasteiger partial charge in [-0.2, -0.15) is 5.26 Å². The minimum absolute atomic E-state index is 0.00129. The van der Waals surface area contributed by atoms with Crippen molar-refractivity contribution < 1.29 is 33.6 Å². The highest BCUT2D eigenvalue weighted by atomic mass is 16.7. The van der Waals surface area contributed by atoms with E-state index in [9.17, 15) is 9.59 Å². The van der Waals surface area contributed by atoms with Gasteiger partial charge in [-0.15, -0.1) is 0 Å². The molecule has 0 heterocycles. The zero-order valence-corrected chi connectivity index (χ0v) is 15.8. The topological polar surface area (TPSA) is 115 Å². The molecule has 0 aliphatic heterocycles. The van der Waals surface area contributed by atoms with Gasteiger partial charge in [-0.3, -0.25) is 4.79 Å². The maximum absolute atomic E-state index is 12.1. The maximum atomic E-state index is 12.1. The number of nitriles is 1. The van der Waals surface area contributed by atoms with E-state index in [4.69, 9.17) is 29.3 Å². The summed E-state index contributed by atoms with van der Waals surface area (Å²) in [6, 6.07) is 8.65. The number of benzene rings is 1. The molecule has 0 aliphatic rings. The Hall–Kier alpha value is -2.89. The zero-order chi connectivity index (χ0) is 20.6. The van der Waals surface area contributed by atoms with E-state index >= 15 is 0 Å². The maximum Gasteiger partial charge on any atom is 0.329 e. The zero-order valence-electron chi connectivity index (χ0n) is 15.8. The molecule has 1 rings (SSSR count). The summed E-state index contributed by atoms with van der Waals surface area (Å²) in [6.07, 6.45) is 3.76. The van der Waals surface area contributed by atoms with Gasteiger partial charge in [0, 0.05) is 12.0 Å². The van der Waals surface area contributed by atoms with Crippen LogP contribution in [0.2, 0.25) is 0 Å². The highest BCUT2D eigenvalue weighted by Gasteiger charge is 2.12. The summed E-state index contributed by atoms with van der Waals surface area (Å²) in [5.74, 6) is -0.517. The molecule has 0 saturated heterocycles. The molecule has 0 aliphatic carbocycles. The number of unbranched alkanes of at least 4 members (excludes halogenated alkanes) is 1. The third kappa shape index (κ3) is 10.3. The van der Waals surface area contributed by atoms with Gasteiger partial charge in [0.25, 0.3) is 0 Å². The Morgan fingerprint density at radius 3 is 2.86 bits per heavy atom. The molecule has 1 aromatic rings. The van der Waals surface area contributed by atoms with Gasteiger partial charge >= 0.3 is 5.97 Å². The number of carboxylic acid groups (broad SMARTS) is 1. The van der Waals surface area contributed by atoms with Crippen LogP contribution in [0.15, 0.2) is 36.6 Å². The Labute approximate surface area is 164 Å². The van der Waals surface area contributed by atoms with E-state index in [-0.39, 0.29) is 25.6 Å². The molecule has 0 spiro atoms. The van der Waals surface area contributed by atoms with Crippen LogP contribution < -0.4 is 4.74 Å². The van der Waals surface area contributed by atoms with Crippen molar-refractivity contribution in [3.8, 4) is 11.8 Å². The van der Waals surface area contributed by atoms with Gasteiger partial charge in [0.1, 0.15) is 12.4 Å². The molecule has 1 aromatic carbocycles. The minimum Gasteiger partial charge on any atom is -0.487 e. The normalized spacial score (nSPS) is 11.7. The molecule has 0 amide bonds. The van der Waals surface area contributed by atoms with Crippen molar-refractivity contribution in [2.45, 2.75) is 32.5 Å². The van der Waals surface area contributed by atoms with Gasteiger partial charge in [-0.05, 0) is 18.6 Å². The third-order valence-corrected chi connectivity index (χ3v) is 3.43.